The number of rotatable bonds is 6. The Bertz CT molecular complexity index is 1080. The highest BCUT2D eigenvalue weighted by Crippen LogP contribution is 2.35. The summed E-state index contributed by atoms with van der Waals surface area (Å²) in [5.74, 6) is -1.27. The van der Waals surface area contributed by atoms with Crippen LogP contribution in [0, 0.1) is 5.82 Å². The van der Waals surface area contributed by atoms with Crippen LogP contribution in [0.25, 0.3) is 10.9 Å². The summed E-state index contributed by atoms with van der Waals surface area (Å²) < 4.78 is 40.6. The van der Waals surface area contributed by atoms with Gasteiger partial charge < -0.3 is 14.2 Å². The molecule has 0 amide bonds. The van der Waals surface area contributed by atoms with Crippen molar-refractivity contribution in [3.05, 3.63) is 65.6 Å². The molecule has 4 rings (SSSR count). The highest BCUT2D eigenvalue weighted by Gasteiger charge is 2.30. The molecule has 0 spiro atoms. The molecular weight excluding hydrogens is 395 g/mol. The number of halogens is 1. The second-order valence-corrected chi connectivity index (χ2v) is 7.98. The molecule has 1 aliphatic rings. The fourth-order valence-corrected chi connectivity index (χ4v) is 4.97. The molecule has 152 valence electrons. The van der Waals surface area contributed by atoms with Gasteiger partial charge in [-0.15, -0.1) is 0 Å². The number of carbonyl (C=O) groups is 1. The molecule has 1 N–H and O–H groups in total. The van der Waals surface area contributed by atoms with Gasteiger partial charge in [-0.1, -0.05) is 18.2 Å². The first-order valence-electron chi connectivity index (χ1n) is 9.40. The minimum atomic E-state index is -2.50. The number of para-hydroxylation sites is 1. The highest BCUT2D eigenvalue weighted by molar-refractivity contribution is 7.80. The maximum Gasteiger partial charge on any atom is 0.305 e. The van der Waals surface area contributed by atoms with E-state index in [9.17, 15) is 17.9 Å². The molecule has 29 heavy (non-hydrogen) atoms. The number of aromatic nitrogens is 1. The fraction of sp³-hybridized carbons (Fsp3) is 0.286. The number of aryl methyl sites for hydroxylation is 1. The maximum absolute atomic E-state index is 13.3. The fourth-order valence-electron chi connectivity index (χ4n) is 4.25. The Morgan fingerprint density at radius 3 is 2.66 bits per heavy atom. The van der Waals surface area contributed by atoms with Gasteiger partial charge in [0.1, 0.15) is 5.82 Å². The molecule has 0 radical (unpaired) electrons. The molecule has 8 heteroatoms. The van der Waals surface area contributed by atoms with Gasteiger partial charge >= 0.3 is 5.97 Å². The molecule has 0 saturated carbocycles. The Labute approximate surface area is 170 Å². The molecule has 0 saturated heterocycles. The monoisotopic (exact) mass is 415 g/mol. The molecule has 6 nitrogen and oxygen atoms in total. The van der Waals surface area contributed by atoms with Gasteiger partial charge in [0.05, 0.1) is 6.42 Å². The van der Waals surface area contributed by atoms with Crippen molar-refractivity contribution in [2.24, 2.45) is 0 Å². The molecule has 0 aliphatic heterocycles. The summed E-state index contributed by atoms with van der Waals surface area (Å²) in [5, 5.41) is 10.1. The van der Waals surface area contributed by atoms with Crippen molar-refractivity contribution < 1.29 is 23.1 Å². The average Bonchev–Trinajstić information content (AvgIpc) is 3.01. The van der Waals surface area contributed by atoms with Crippen molar-refractivity contribution in [1.29, 1.82) is 0 Å². The van der Waals surface area contributed by atoms with E-state index in [2.05, 4.69) is 0 Å². The van der Waals surface area contributed by atoms with Gasteiger partial charge in [0, 0.05) is 46.1 Å². The summed E-state index contributed by atoms with van der Waals surface area (Å²) in [6, 6.07) is 13.0. The molecule has 0 fully saturated rings. The lowest BCUT2D eigenvalue weighted by Gasteiger charge is -2.37. The average molecular weight is 415 g/mol. The predicted octanol–water partition coefficient (Wildman–Crippen LogP) is 3.41. The Morgan fingerprint density at radius 1 is 1.24 bits per heavy atom. The summed E-state index contributed by atoms with van der Waals surface area (Å²) >= 11 is -2.50. The SMILES string of the molecule is O=C(O)CCn1c2c(c3ccccc31)C[C@H](N(c1ccc(F)cc1)S(=O)[O-])CC2. The number of hydrogen-bond donors (Lipinski definition) is 1. The van der Waals surface area contributed by atoms with E-state index in [-0.39, 0.29) is 12.5 Å². The third-order valence-corrected chi connectivity index (χ3v) is 6.30. The number of anilines is 1. The van der Waals surface area contributed by atoms with E-state index in [0.29, 0.717) is 31.5 Å². The molecule has 1 heterocycles. The molecule has 1 aromatic heterocycles. The number of carboxylic acids is 1. The van der Waals surface area contributed by atoms with Crippen LogP contribution >= 0.6 is 0 Å². The lowest BCUT2D eigenvalue weighted by atomic mass is 9.91. The Kier molecular flexibility index (Phi) is 5.38. The number of nitrogens with zero attached hydrogens (tertiary/aromatic N) is 2. The van der Waals surface area contributed by atoms with Gasteiger partial charge in [-0.2, -0.15) is 0 Å². The van der Waals surface area contributed by atoms with Crippen molar-refractivity contribution >= 4 is 33.8 Å². The zero-order valence-corrected chi connectivity index (χ0v) is 16.4. The van der Waals surface area contributed by atoms with Crippen LogP contribution < -0.4 is 4.31 Å². The Hall–Kier alpha value is -2.71. The molecule has 0 bridgehead atoms. The second kappa shape index (κ2) is 7.96. The first-order valence-corrected chi connectivity index (χ1v) is 10.4. The zero-order chi connectivity index (χ0) is 20.5. The molecule has 2 aromatic carbocycles. The third-order valence-electron chi connectivity index (χ3n) is 5.47. The summed E-state index contributed by atoms with van der Waals surface area (Å²) in [6.07, 6.45) is 1.78. The number of hydrogen-bond acceptors (Lipinski definition) is 3. The topological polar surface area (TPSA) is 85.6 Å². The van der Waals surface area contributed by atoms with E-state index in [4.69, 9.17) is 5.11 Å². The third kappa shape index (κ3) is 3.77. The number of aliphatic carboxylic acids is 1. The van der Waals surface area contributed by atoms with E-state index in [1.165, 1.54) is 28.6 Å². The smallest absolute Gasteiger partial charge is 0.305 e. The maximum atomic E-state index is 13.3. The van der Waals surface area contributed by atoms with Gasteiger partial charge in [-0.3, -0.25) is 13.3 Å². The van der Waals surface area contributed by atoms with E-state index in [1.807, 2.05) is 28.8 Å². The highest BCUT2D eigenvalue weighted by atomic mass is 32.2. The van der Waals surface area contributed by atoms with Crippen molar-refractivity contribution in [3.63, 3.8) is 0 Å². The van der Waals surface area contributed by atoms with Crippen LogP contribution in [0.2, 0.25) is 0 Å². The van der Waals surface area contributed by atoms with Crippen LogP contribution in [0.4, 0.5) is 10.1 Å². The summed E-state index contributed by atoms with van der Waals surface area (Å²) in [5.41, 5.74) is 3.53. The Morgan fingerprint density at radius 2 is 1.97 bits per heavy atom. The largest absolute Gasteiger partial charge is 0.755 e. The minimum Gasteiger partial charge on any atom is -0.755 e. The number of fused-ring (bicyclic) bond motifs is 3. The van der Waals surface area contributed by atoms with Crippen molar-refractivity contribution in [3.8, 4) is 0 Å². The van der Waals surface area contributed by atoms with Crippen molar-refractivity contribution in [2.75, 3.05) is 4.31 Å². The molecular formula is C21H20FN2O4S-. The van der Waals surface area contributed by atoms with Gasteiger partial charge in [0.2, 0.25) is 0 Å². The van der Waals surface area contributed by atoms with Crippen LogP contribution in [-0.2, 0) is 35.4 Å². The van der Waals surface area contributed by atoms with Crippen LogP contribution in [0.15, 0.2) is 48.5 Å². The van der Waals surface area contributed by atoms with Crippen LogP contribution in [0.3, 0.4) is 0 Å². The van der Waals surface area contributed by atoms with Crippen molar-refractivity contribution in [2.45, 2.75) is 38.3 Å². The first-order chi connectivity index (χ1) is 14.0. The van der Waals surface area contributed by atoms with E-state index < -0.39 is 23.1 Å². The number of carboxylic acid groups (broad SMARTS) is 1. The molecule has 2 atom stereocenters. The van der Waals surface area contributed by atoms with E-state index in [0.717, 1.165) is 22.2 Å². The predicted molar refractivity (Wildman–Crippen MR) is 108 cm³/mol. The zero-order valence-electron chi connectivity index (χ0n) is 15.6. The van der Waals surface area contributed by atoms with Gasteiger partial charge in [0.15, 0.2) is 0 Å². The first kappa shape index (κ1) is 19.6. The molecule has 1 unspecified atom stereocenters. The normalized spacial score (nSPS) is 17.1. The molecule has 1 aliphatic carbocycles. The lowest BCUT2D eigenvalue weighted by molar-refractivity contribution is -0.137. The second-order valence-electron chi connectivity index (χ2n) is 7.15. The van der Waals surface area contributed by atoms with Crippen LogP contribution in [-0.4, -0.2) is 30.4 Å². The summed E-state index contributed by atoms with van der Waals surface area (Å²) in [4.78, 5) is 11.1. The summed E-state index contributed by atoms with van der Waals surface area (Å²) in [6.45, 7) is 0.380. The van der Waals surface area contributed by atoms with Gasteiger partial charge in [0.25, 0.3) is 0 Å². The van der Waals surface area contributed by atoms with Crippen molar-refractivity contribution in [1.82, 2.24) is 4.57 Å². The Balaban J connectivity index is 1.72. The van der Waals surface area contributed by atoms with E-state index in [1.54, 1.807) is 0 Å². The van der Waals surface area contributed by atoms with Gasteiger partial charge in [-0.25, -0.2) is 4.39 Å². The van der Waals surface area contributed by atoms with Crippen LogP contribution in [0.5, 0.6) is 0 Å². The van der Waals surface area contributed by atoms with Crippen LogP contribution in [0.1, 0.15) is 24.1 Å². The standard InChI is InChI=1S/C21H21FN2O4S/c22-14-5-7-15(8-6-14)24(29(27)28)16-9-10-20-18(13-16)17-3-1-2-4-19(17)23(20)12-11-21(25)26/h1-8,16H,9-13H2,(H,25,26)(H,27,28)/p-1/t16-/m1/s1. The molecule has 3 aromatic rings. The summed E-state index contributed by atoms with van der Waals surface area (Å²) in [7, 11) is 0. The lowest BCUT2D eigenvalue weighted by Crippen LogP contribution is -2.40. The van der Waals surface area contributed by atoms with E-state index >= 15 is 0 Å². The number of benzene rings is 2. The minimum absolute atomic E-state index is 0.0286. The quantitative estimate of drug-likeness (QED) is 0.625. The van der Waals surface area contributed by atoms with Gasteiger partial charge in [-0.05, 0) is 55.2 Å².